The minimum atomic E-state index is -4.45. The topological polar surface area (TPSA) is 64.4 Å². The van der Waals surface area contributed by atoms with Crippen LogP contribution in [0.25, 0.3) is 10.8 Å². The summed E-state index contributed by atoms with van der Waals surface area (Å²) in [5.41, 5.74) is 10.7. The van der Waals surface area contributed by atoms with Crippen LogP contribution in [-0.4, -0.2) is 5.96 Å². The molecule has 0 bridgehead atoms. The maximum atomic E-state index is 12.9. The van der Waals surface area contributed by atoms with Crippen LogP contribution in [0.3, 0.4) is 0 Å². The first-order valence-electron chi connectivity index (χ1n) is 7.75. The van der Waals surface area contributed by atoms with Gasteiger partial charge in [-0.2, -0.15) is 13.2 Å². The van der Waals surface area contributed by atoms with E-state index < -0.39 is 11.7 Å². The monoisotopic (exact) mass is 375 g/mol. The number of fused-ring (bicyclic) bond motifs is 1. The van der Waals surface area contributed by atoms with Crippen LogP contribution < -0.4 is 11.5 Å². The van der Waals surface area contributed by atoms with Crippen molar-refractivity contribution >= 4 is 34.2 Å². The molecule has 0 heterocycles. The summed E-state index contributed by atoms with van der Waals surface area (Å²) in [6.07, 6.45) is -4.45. The lowest BCUT2D eigenvalue weighted by Gasteiger charge is -2.12. The Labute approximate surface area is 152 Å². The van der Waals surface area contributed by atoms with Gasteiger partial charge in [-0.15, -0.1) is 11.8 Å². The fraction of sp³-hybridized carbons (Fsp3) is 0.105. The predicted octanol–water partition coefficient (Wildman–Crippen LogP) is 5.06. The second-order valence-corrected chi connectivity index (χ2v) is 6.66. The molecule has 0 spiro atoms. The number of guanidine groups is 1. The van der Waals surface area contributed by atoms with Crippen molar-refractivity contribution in [2.45, 2.75) is 16.8 Å². The van der Waals surface area contributed by atoms with E-state index in [0.29, 0.717) is 11.3 Å². The molecule has 3 rings (SSSR count). The van der Waals surface area contributed by atoms with Gasteiger partial charge in [-0.1, -0.05) is 42.5 Å². The van der Waals surface area contributed by atoms with Gasteiger partial charge < -0.3 is 11.5 Å². The Hall–Kier alpha value is -2.67. The molecule has 4 N–H and O–H groups in total. The normalized spacial score (nSPS) is 11.5. The number of halogens is 3. The van der Waals surface area contributed by atoms with Gasteiger partial charge in [0.05, 0.1) is 11.3 Å². The maximum Gasteiger partial charge on any atom is 0.416 e. The molecular formula is C19H16F3N3S. The predicted molar refractivity (Wildman–Crippen MR) is 100 cm³/mol. The third-order valence-electron chi connectivity index (χ3n) is 3.79. The lowest BCUT2D eigenvalue weighted by Crippen LogP contribution is -2.22. The summed E-state index contributed by atoms with van der Waals surface area (Å²) in [6.45, 7) is 0. The third-order valence-corrected chi connectivity index (χ3v) is 4.92. The highest BCUT2D eigenvalue weighted by atomic mass is 32.2. The lowest BCUT2D eigenvalue weighted by molar-refractivity contribution is -0.137. The number of benzene rings is 3. The second-order valence-electron chi connectivity index (χ2n) is 5.64. The van der Waals surface area contributed by atoms with Crippen molar-refractivity contribution in [2.75, 3.05) is 0 Å². The van der Waals surface area contributed by atoms with Gasteiger partial charge in [0.1, 0.15) is 0 Å². The Balaban J connectivity index is 1.93. The molecule has 0 radical (unpaired) electrons. The number of rotatable bonds is 4. The molecule has 7 heteroatoms. The Morgan fingerprint density at radius 1 is 0.962 bits per heavy atom. The highest BCUT2D eigenvalue weighted by Gasteiger charge is 2.31. The first-order valence-corrected chi connectivity index (χ1v) is 8.73. The number of aliphatic imine (C=N–C) groups is 1. The molecule has 134 valence electrons. The van der Waals surface area contributed by atoms with Gasteiger partial charge >= 0.3 is 6.18 Å². The first kappa shape index (κ1) is 18.1. The van der Waals surface area contributed by atoms with E-state index in [1.807, 2.05) is 42.5 Å². The number of alkyl halides is 3. The van der Waals surface area contributed by atoms with Crippen LogP contribution in [0.1, 0.15) is 11.1 Å². The minimum Gasteiger partial charge on any atom is -0.370 e. The fourth-order valence-electron chi connectivity index (χ4n) is 2.58. The summed E-state index contributed by atoms with van der Waals surface area (Å²) >= 11 is 1.53. The van der Waals surface area contributed by atoms with Crippen molar-refractivity contribution < 1.29 is 13.2 Å². The highest BCUT2D eigenvalue weighted by Crippen LogP contribution is 2.36. The zero-order chi connectivity index (χ0) is 18.7. The molecule has 0 aliphatic rings. The van der Waals surface area contributed by atoms with Crippen molar-refractivity contribution in [1.29, 1.82) is 0 Å². The molecule has 3 aromatic rings. The molecule has 0 fully saturated rings. The Morgan fingerprint density at radius 3 is 2.42 bits per heavy atom. The standard InChI is InChI=1S/C19H16F3N3S/c20-19(21,22)14-9-8-13(16(10-14)25-18(23)24)11-26-17-7-3-5-12-4-1-2-6-15(12)17/h1-10H,11H2,(H4,23,24,25). The minimum absolute atomic E-state index is 0.132. The van der Waals surface area contributed by atoms with Crippen molar-refractivity contribution in [3.63, 3.8) is 0 Å². The van der Waals surface area contributed by atoms with E-state index in [1.54, 1.807) is 0 Å². The summed E-state index contributed by atoms with van der Waals surface area (Å²) in [4.78, 5) is 4.91. The zero-order valence-electron chi connectivity index (χ0n) is 13.6. The largest absolute Gasteiger partial charge is 0.416 e. The van der Waals surface area contributed by atoms with Crippen LogP contribution in [0.15, 0.2) is 70.6 Å². The van der Waals surface area contributed by atoms with E-state index >= 15 is 0 Å². The van der Waals surface area contributed by atoms with E-state index in [-0.39, 0.29) is 11.6 Å². The molecule has 0 saturated carbocycles. The number of thioether (sulfide) groups is 1. The van der Waals surface area contributed by atoms with E-state index in [1.165, 1.54) is 17.8 Å². The van der Waals surface area contributed by atoms with E-state index in [4.69, 9.17) is 11.5 Å². The Morgan fingerprint density at radius 2 is 1.69 bits per heavy atom. The quantitative estimate of drug-likeness (QED) is 0.381. The maximum absolute atomic E-state index is 12.9. The van der Waals surface area contributed by atoms with Crippen LogP contribution in [-0.2, 0) is 11.9 Å². The Bertz CT molecular complexity index is 958. The molecule has 0 amide bonds. The number of nitrogens with zero attached hydrogens (tertiary/aromatic N) is 1. The van der Waals surface area contributed by atoms with Crippen LogP contribution in [0.5, 0.6) is 0 Å². The van der Waals surface area contributed by atoms with Crippen molar-refractivity contribution in [3.05, 3.63) is 71.8 Å². The van der Waals surface area contributed by atoms with E-state index in [0.717, 1.165) is 27.8 Å². The summed E-state index contributed by atoms with van der Waals surface area (Å²) in [7, 11) is 0. The van der Waals surface area contributed by atoms with Crippen LogP contribution in [0.4, 0.5) is 18.9 Å². The van der Waals surface area contributed by atoms with Gasteiger partial charge in [0.2, 0.25) is 0 Å². The van der Waals surface area contributed by atoms with E-state index in [9.17, 15) is 13.2 Å². The second kappa shape index (κ2) is 7.29. The molecule has 0 saturated heterocycles. The molecule has 3 aromatic carbocycles. The summed E-state index contributed by atoms with van der Waals surface area (Å²) in [5, 5.41) is 2.20. The lowest BCUT2D eigenvalue weighted by atomic mass is 10.1. The molecule has 0 aliphatic carbocycles. The van der Waals surface area contributed by atoms with Crippen molar-refractivity contribution in [3.8, 4) is 0 Å². The van der Waals surface area contributed by atoms with Gasteiger partial charge in [0, 0.05) is 10.6 Å². The smallest absolute Gasteiger partial charge is 0.370 e. The number of nitrogens with two attached hydrogens (primary N) is 2. The summed E-state index contributed by atoms with van der Waals surface area (Å²) in [5.74, 6) is 0.166. The number of hydrogen-bond acceptors (Lipinski definition) is 2. The van der Waals surface area contributed by atoms with Gasteiger partial charge in [0.25, 0.3) is 0 Å². The SMILES string of the molecule is NC(N)=Nc1cc(C(F)(F)F)ccc1CSc1cccc2ccccc12. The molecule has 0 unspecified atom stereocenters. The van der Waals surface area contributed by atoms with Crippen LogP contribution >= 0.6 is 11.8 Å². The van der Waals surface area contributed by atoms with Gasteiger partial charge in [-0.05, 0) is 34.5 Å². The highest BCUT2D eigenvalue weighted by molar-refractivity contribution is 7.98. The molecule has 0 aliphatic heterocycles. The molecule has 0 aromatic heterocycles. The van der Waals surface area contributed by atoms with Crippen LogP contribution in [0.2, 0.25) is 0 Å². The van der Waals surface area contributed by atoms with Crippen LogP contribution in [0, 0.1) is 0 Å². The molecular weight excluding hydrogens is 359 g/mol. The average Bonchev–Trinajstić information content (AvgIpc) is 2.59. The first-order chi connectivity index (χ1) is 12.3. The summed E-state index contributed by atoms with van der Waals surface area (Å²) in [6, 6.07) is 17.3. The van der Waals surface area contributed by atoms with Gasteiger partial charge in [0.15, 0.2) is 5.96 Å². The van der Waals surface area contributed by atoms with Crippen molar-refractivity contribution in [1.82, 2.24) is 0 Å². The van der Waals surface area contributed by atoms with E-state index in [2.05, 4.69) is 4.99 Å². The fourth-order valence-corrected chi connectivity index (χ4v) is 3.65. The molecule has 26 heavy (non-hydrogen) atoms. The van der Waals surface area contributed by atoms with Gasteiger partial charge in [-0.25, -0.2) is 4.99 Å². The summed E-state index contributed by atoms with van der Waals surface area (Å²) < 4.78 is 38.8. The van der Waals surface area contributed by atoms with Gasteiger partial charge in [-0.3, -0.25) is 0 Å². The van der Waals surface area contributed by atoms with Crippen molar-refractivity contribution in [2.24, 2.45) is 16.5 Å². The Kier molecular flexibility index (Phi) is 5.08. The third kappa shape index (κ3) is 4.11. The number of hydrogen-bond donors (Lipinski definition) is 2. The molecule has 0 atom stereocenters. The molecule has 3 nitrogen and oxygen atoms in total. The zero-order valence-corrected chi connectivity index (χ0v) is 14.4. The average molecular weight is 375 g/mol.